The Morgan fingerprint density at radius 1 is 1.04 bits per heavy atom. The van der Waals surface area contributed by atoms with Gasteiger partial charge in [0, 0.05) is 57.6 Å². The van der Waals surface area contributed by atoms with Crippen LogP contribution in [0.15, 0.2) is 53.8 Å². The zero-order valence-corrected chi connectivity index (χ0v) is 14.5. The Morgan fingerprint density at radius 3 is 2.44 bits per heavy atom. The van der Waals surface area contributed by atoms with Gasteiger partial charge in [0.15, 0.2) is 5.96 Å². The molecule has 2 aromatic rings. The van der Waals surface area contributed by atoms with E-state index in [1.165, 1.54) is 12.0 Å². The first-order valence-electron chi connectivity index (χ1n) is 8.90. The number of aliphatic imine (C=N–C) groups is 1. The highest BCUT2D eigenvalue weighted by molar-refractivity contribution is 5.81. The molecule has 4 rings (SSSR count). The van der Waals surface area contributed by atoms with Crippen LogP contribution in [0.2, 0.25) is 0 Å². The van der Waals surface area contributed by atoms with E-state index in [1.807, 2.05) is 13.1 Å². The summed E-state index contributed by atoms with van der Waals surface area (Å²) < 4.78 is 0. The molecular formula is C19H24N6. The molecule has 2 heterocycles. The number of aromatic nitrogens is 2. The van der Waals surface area contributed by atoms with Crippen molar-refractivity contribution >= 4 is 11.9 Å². The van der Waals surface area contributed by atoms with E-state index in [2.05, 4.69) is 60.4 Å². The van der Waals surface area contributed by atoms with Crippen LogP contribution >= 0.6 is 0 Å². The van der Waals surface area contributed by atoms with Crippen molar-refractivity contribution in [1.82, 2.24) is 20.2 Å². The maximum atomic E-state index is 4.50. The molecule has 2 fully saturated rings. The Morgan fingerprint density at radius 2 is 1.76 bits per heavy atom. The molecule has 2 unspecified atom stereocenters. The predicted octanol–water partition coefficient (Wildman–Crippen LogP) is 1.73. The molecule has 6 nitrogen and oxygen atoms in total. The smallest absolute Gasteiger partial charge is 0.225 e. The number of guanidine groups is 1. The molecule has 2 atom stereocenters. The van der Waals surface area contributed by atoms with E-state index in [0.717, 1.165) is 38.1 Å². The van der Waals surface area contributed by atoms with E-state index in [4.69, 9.17) is 0 Å². The molecule has 130 valence electrons. The van der Waals surface area contributed by atoms with Gasteiger partial charge in [0.05, 0.1) is 0 Å². The van der Waals surface area contributed by atoms with E-state index in [1.54, 1.807) is 12.4 Å². The lowest BCUT2D eigenvalue weighted by molar-refractivity contribution is 0.369. The molecule has 1 aromatic carbocycles. The van der Waals surface area contributed by atoms with Gasteiger partial charge in [0.25, 0.3) is 0 Å². The Balaban J connectivity index is 1.31. The molecule has 0 amide bonds. The third-order valence-corrected chi connectivity index (χ3v) is 4.96. The van der Waals surface area contributed by atoms with Crippen LogP contribution < -0.4 is 10.2 Å². The lowest BCUT2D eigenvalue weighted by Crippen LogP contribution is -2.53. The molecular weight excluding hydrogens is 312 g/mol. The zero-order valence-electron chi connectivity index (χ0n) is 14.5. The van der Waals surface area contributed by atoms with E-state index in [0.29, 0.717) is 12.0 Å². The van der Waals surface area contributed by atoms with Gasteiger partial charge in [-0.25, -0.2) is 9.97 Å². The summed E-state index contributed by atoms with van der Waals surface area (Å²) in [5.74, 6) is 2.44. The van der Waals surface area contributed by atoms with Gasteiger partial charge in [0.1, 0.15) is 0 Å². The van der Waals surface area contributed by atoms with Gasteiger partial charge in [-0.3, -0.25) is 4.99 Å². The highest BCUT2D eigenvalue weighted by Crippen LogP contribution is 2.40. The van der Waals surface area contributed by atoms with E-state index in [9.17, 15) is 0 Å². The summed E-state index contributed by atoms with van der Waals surface area (Å²) in [5, 5.41) is 3.64. The largest absolute Gasteiger partial charge is 0.353 e. The number of benzene rings is 1. The van der Waals surface area contributed by atoms with Crippen LogP contribution in [-0.2, 0) is 0 Å². The van der Waals surface area contributed by atoms with Crippen molar-refractivity contribution in [3.8, 4) is 0 Å². The molecule has 1 aliphatic heterocycles. The van der Waals surface area contributed by atoms with Crippen LogP contribution in [0.25, 0.3) is 0 Å². The van der Waals surface area contributed by atoms with Crippen LogP contribution in [0.3, 0.4) is 0 Å². The second-order valence-electron chi connectivity index (χ2n) is 6.57. The van der Waals surface area contributed by atoms with Crippen molar-refractivity contribution in [3.63, 3.8) is 0 Å². The number of rotatable bonds is 3. The summed E-state index contributed by atoms with van der Waals surface area (Å²) in [4.78, 5) is 17.8. The second-order valence-corrected chi connectivity index (χ2v) is 6.57. The molecule has 1 saturated heterocycles. The minimum absolute atomic E-state index is 0.497. The van der Waals surface area contributed by atoms with Crippen LogP contribution in [0.1, 0.15) is 17.9 Å². The normalized spacial score (nSPS) is 23.5. The zero-order chi connectivity index (χ0) is 17.1. The monoisotopic (exact) mass is 336 g/mol. The third kappa shape index (κ3) is 3.57. The first kappa shape index (κ1) is 15.9. The number of hydrogen-bond donors (Lipinski definition) is 1. The standard InChI is InChI=1S/C19H24N6/c1-20-18(23-17-14-16(17)15-6-3-2-4-7-15)24-10-12-25(13-11-24)19-21-8-5-9-22-19/h2-9,16-17H,10-14H2,1H3,(H,20,23). The molecule has 1 saturated carbocycles. The van der Waals surface area contributed by atoms with Gasteiger partial charge in [-0.2, -0.15) is 0 Å². The van der Waals surface area contributed by atoms with Crippen molar-refractivity contribution in [2.45, 2.75) is 18.4 Å². The van der Waals surface area contributed by atoms with Gasteiger partial charge >= 0.3 is 0 Å². The van der Waals surface area contributed by atoms with Crippen molar-refractivity contribution in [1.29, 1.82) is 0 Å². The SMILES string of the molecule is CN=C(NC1CC1c1ccccc1)N1CCN(c2ncccn2)CC1. The van der Waals surface area contributed by atoms with Crippen molar-refractivity contribution in [3.05, 3.63) is 54.4 Å². The van der Waals surface area contributed by atoms with E-state index >= 15 is 0 Å². The minimum atomic E-state index is 0.497. The lowest BCUT2D eigenvalue weighted by Gasteiger charge is -2.36. The Kier molecular flexibility index (Phi) is 4.50. The van der Waals surface area contributed by atoms with E-state index in [-0.39, 0.29) is 0 Å². The first-order chi connectivity index (χ1) is 12.3. The first-order valence-corrected chi connectivity index (χ1v) is 8.90. The van der Waals surface area contributed by atoms with Crippen molar-refractivity contribution in [2.75, 3.05) is 38.1 Å². The van der Waals surface area contributed by atoms with Gasteiger partial charge in [-0.1, -0.05) is 30.3 Å². The quantitative estimate of drug-likeness (QED) is 0.683. The number of piperazine rings is 1. The average Bonchev–Trinajstić information content (AvgIpc) is 3.47. The summed E-state index contributed by atoms with van der Waals surface area (Å²) in [5.41, 5.74) is 1.42. The Bertz CT molecular complexity index is 709. The molecule has 0 bridgehead atoms. The fourth-order valence-electron chi connectivity index (χ4n) is 3.46. The van der Waals surface area contributed by atoms with Gasteiger partial charge in [0.2, 0.25) is 5.95 Å². The molecule has 1 N–H and O–H groups in total. The molecule has 1 aromatic heterocycles. The van der Waals surface area contributed by atoms with Crippen LogP contribution in [0.4, 0.5) is 5.95 Å². The van der Waals surface area contributed by atoms with E-state index < -0.39 is 0 Å². The highest BCUT2D eigenvalue weighted by atomic mass is 15.4. The number of nitrogens with one attached hydrogen (secondary N) is 1. The maximum absolute atomic E-state index is 4.50. The summed E-state index contributed by atoms with van der Waals surface area (Å²) in [7, 11) is 1.87. The topological polar surface area (TPSA) is 56.7 Å². The summed E-state index contributed by atoms with van der Waals surface area (Å²) in [6, 6.07) is 13.1. The number of anilines is 1. The summed E-state index contributed by atoms with van der Waals surface area (Å²) in [6.45, 7) is 3.69. The number of hydrogen-bond acceptors (Lipinski definition) is 4. The molecule has 2 aliphatic rings. The van der Waals surface area contributed by atoms with Crippen LogP contribution in [0, 0.1) is 0 Å². The molecule has 25 heavy (non-hydrogen) atoms. The molecule has 6 heteroatoms. The fraction of sp³-hybridized carbons (Fsp3) is 0.421. The molecule has 0 spiro atoms. The van der Waals surface area contributed by atoms with Crippen molar-refractivity contribution < 1.29 is 0 Å². The summed E-state index contributed by atoms with van der Waals surface area (Å²) >= 11 is 0. The van der Waals surface area contributed by atoms with Gasteiger partial charge in [-0.05, 0) is 18.1 Å². The van der Waals surface area contributed by atoms with Gasteiger partial charge < -0.3 is 15.1 Å². The summed E-state index contributed by atoms with van der Waals surface area (Å²) in [6.07, 6.45) is 4.78. The Hall–Kier alpha value is -2.63. The van der Waals surface area contributed by atoms with Crippen LogP contribution in [-0.4, -0.2) is 60.1 Å². The molecule has 1 aliphatic carbocycles. The second kappa shape index (κ2) is 7.09. The maximum Gasteiger partial charge on any atom is 0.225 e. The van der Waals surface area contributed by atoms with Crippen molar-refractivity contribution in [2.24, 2.45) is 4.99 Å². The lowest BCUT2D eigenvalue weighted by atomic mass is 10.1. The fourth-order valence-corrected chi connectivity index (χ4v) is 3.46. The number of nitrogens with zero attached hydrogens (tertiary/aromatic N) is 5. The highest BCUT2D eigenvalue weighted by Gasteiger charge is 2.39. The molecule has 0 radical (unpaired) electrons. The third-order valence-electron chi connectivity index (χ3n) is 4.96. The van der Waals surface area contributed by atoms with Gasteiger partial charge in [-0.15, -0.1) is 0 Å². The average molecular weight is 336 g/mol. The minimum Gasteiger partial charge on any atom is -0.353 e. The predicted molar refractivity (Wildman–Crippen MR) is 99.9 cm³/mol. The Labute approximate surface area is 148 Å². The van der Waals surface area contributed by atoms with Crippen LogP contribution in [0.5, 0.6) is 0 Å².